The molecule has 43 heavy (non-hydrogen) atoms. The molecule has 2 fully saturated rings. The van der Waals surface area contributed by atoms with Crippen molar-refractivity contribution in [3.8, 4) is 17.2 Å². The first kappa shape index (κ1) is 27.7. The molecule has 0 spiro atoms. The summed E-state index contributed by atoms with van der Waals surface area (Å²) in [5.74, 6) is 1.55. The normalized spacial score (nSPS) is 23.0. The first-order chi connectivity index (χ1) is 20.6. The minimum absolute atomic E-state index is 0.0358. The second-order valence-corrected chi connectivity index (χ2v) is 11.5. The molecular weight excluding hydrogens is 563 g/mol. The van der Waals surface area contributed by atoms with Gasteiger partial charge in [-0.3, -0.25) is 14.5 Å². The van der Waals surface area contributed by atoms with Crippen LogP contribution in [0.3, 0.4) is 0 Å². The average molecular weight is 594 g/mol. The first-order valence-corrected chi connectivity index (χ1v) is 14.3. The number of aromatic nitrogens is 1. The van der Waals surface area contributed by atoms with Crippen LogP contribution in [0.2, 0.25) is 0 Å². The molecule has 4 heterocycles. The number of hydrogen-bond acceptors (Lipinski definition) is 7. The van der Waals surface area contributed by atoms with Crippen molar-refractivity contribution in [2.45, 2.75) is 43.6 Å². The van der Waals surface area contributed by atoms with E-state index >= 15 is 0 Å². The number of hydrogen-bond donors (Lipinski definition) is 2. The predicted molar refractivity (Wildman–Crippen MR) is 150 cm³/mol. The lowest BCUT2D eigenvalue weighted by Crippen LogP contribution is -2.44. The highest BCUT2D eigenvalue weighted by Gasteiger charge is 2.59. The van der Waals surface area contributed by atoms with Gasteiger partial charge >= 0.3 is 6.18 Å². The van der Waals surface area contributed by atoms with Gasteiger partial charge in [0.25, 0.3) is 5.91 Å². The number of benzene rings is 2. The molecule has 1 aliphatic carbocycles. The van der Waals surface area contributed by atoms with E-state index in [-0.39, 0.29) is 41.6 Å². The number of likely N-dealkylation sites (N-methyl/N-ethyl adjacent to an activating group) is 1. The van der Waals surface area contributed by atoms with Crippen molar-refractivity contribution in [2.24, 2.45) is 0 Å². The summed E-state index contributed by atoms with van der Waals surface area (Å²) >= 11 is 0. The first-order valence-electron chi connectivity index (χ1n) is 14.3. The molecule has 2 aromatic carbocycles. The molecule has 3 aromatic rings. The van der Waals surface area contributed by atoms with E-state index in [2.05, 4.69) is 20.5 Å². The second kappa shape index (κ2) is 10.5. The number of anilines is 1. The minimum Gasteiger partial charge on any atom is -0.487 e. The predicted octanol–water partition coefficient (Wildman–Crippen LogP) is 4.18. The maximum Gasteiger partial charge on any atom is 0.416 e. The van der Waals surface area contributed by atoms with Crippen molar-refractivity contribution in [1.29, 1.82) is 0 Å². The number of nitrogens with one attached hydrogen (secondary N) is 2. The molecule has 2 amide bonds. The topological polar surface area (TPSA) is 96.0 Å². The fourth-order valence-corrected chi connectivity index (χ4v) is 6.16. The van der Waals surface area contributed by atoms with Gasteiger partial charge in [0, 0.05) is 62.0 Å². The van der Waals surface area contributed by atoms with Crippen LogP contribution in [-0.2, 0) is 23.9 Å². The summed E-state index contributed by atoms with van der Waals surface area (Å²) in [6.07, 6.45) is -2.43. The number of rotatable bonds is 6. The maximum absolute atomic E-state index is 14.0. The van der Waals surface area contributed by atoms with E-state index in [0.29, 0.717) is 49.0 Å². The summed E-state index contributed by atoms with van der Waals surface area (Å²) in [5.41, 5.74) is 1.03. The number of carbonyl (C=O) groups excluding carboxylic acids is 2. The van der Waals surface area contributed by atoms with Crippen LogP contribution in [0.15, 0.2) is 48.7 Å². The van der Waals surface area contributed by atoms with Crippen molar-refractivity contribution in [2.75, 3.05) is 38.5 Å². The second-order valence-electron chi connectivity index (χ2n) is 11.5. The zero-order chi connectivity index (χ0) is 29.9. The van der Waals surface area contributed by atoms with E-state index in [4.69, 9.17) is 9.47 Å². The van der Waals surface area contributed by atoms with Crippen LogP contribution in [-0.4, -0.2) is 72.0 Å². The molecular formula is C31H30F3N5O4. The van der Waals surface area contributed by atoms with Crippen LogP contribution in [0.5, 0.6) is 17.2 Å². The third kappa shape index (κ3) is 5.40. The summed E-state index contributed by atoms with van der Waals surface area (Å²) in [6.45, 7) is 3.17. The summed E-state index contributed by atoms with van der Waals surface area (Å²) in [7, 11) is 1.99. The molecule has 7 rings (SSSR count). The summed E-state index contributed by atoms with van der Waals surface area (Å²) in [4.78, 5) is 33.2. The standard InChI is InChI=1S/C31H30F3N5O4/c1-38-10-12-39(13-11-38)16-18-3-2-17(14-22(18)31(32,33)34)30(41)37-27-26-21-15-19(4-6-23(21)43-28(26)27)42-24-8-9-35-29-20(24)5-7-25(40)36-29/h2-4,6,8-9,14-15,26-28H,5,7,10-13,16H2,1H3,(H,37,41)(H,35,36,40)/t26-,27?,28-/m0/s1. The Morgan fingerprint density at radius 1 is 1.12 bits per heavy atom. The quantitative estimate of drug-likeness (QED) is 0.443. The number of ether oxygens (including phenoxy) is 2. The van der Waals surface area contributed by atoms with Gasteiger partial charge in [-0.25, -0.2) is 4.98 Å². The molecule has 4 aliphatic rings. The van der Waals surface area contributed by atoms with Crippen LogP contribution < -0.4 is 20.1 Å². The highest BCUT2D eigenvalue weighted by atomic mass is 19.4. The molecule has 3 atom stereocenters. The Morgan fingerprint density at radius 3 is 2.72 bits per heavy atom. The molecule has 0 bridgehead atoms. The van der Waals surface area contributed by atoms with Gasteiger partial charge in [0.1, 0.15) is 29.2 Å². The molecule has 3 aliphatic heterocycles. The van der Waals surface area contributed by atoms with E-state index < -0.39 is 17.6 Å². The molecule has 9 nitrogen and oxygen atoms in total. The highest BCUT2D eigenvalue weighted by Crippen LogP contribution is 2.54. The van der Waals surface area contributed by atoms with Crippen LogP contribution in [0, 0.1) is 0 Å². The summed E-state index contributed by atoms with van der Waals surface area (Å²) in [5, 5.41) is 5.63. The Morgan fingerprint density at radius 2 is 1.93 bits per heavy atom. The van der Waals surface area contributed by atoms with Gasteiger partial charge in [-0.2, -0.15) is 13.2 Å². The minimum atomic E-state index is -4.58. The van der Waals surface area contributed by atoms with Gasteiger partial charge in [-0.05, 0) is 55.4 Å². The van der Waals surface area contributed by atoms with Crippen LogP contribution in [0.4, 0.5) is 19.0 Å². The Bertz CT molecular complexity index is 1600. The number of halogens is 3. The van der Waals surface area contributed by atoms with Crippen molar-refractivity contribution in [3.05, 3.63) is 76.5 Å². The number of pyridine rings is 1. The van der Waals surface area contributed by atoms with Gasteiger partial charge in [0.15, 0.2) is 0 Å². The van der Waals surface area contributed by atoms with E-state index in [1.165, 1.54) is 12.1 Å². The van der Waals surface area contributed by atoms with Gasteiger partial charge in [0.05, 0.1) is 17.5 Å². The molecule has 0 radical (unpaired) electrons. The van der Waals surface area contributed by atoms with Crippen LogP contribution >= 0.6 is 0 Å². The van der Waals surface area contributed by atoms with Crippen molar-refractivity contribution < 1.29 is 32.2 Å². The number of piperazine rings is 1. The number of nitrogens with zero attached hydrogens (tertiary/aromatic N) is 3. The largest absolute Gasteiger partial charge is 0.487 e. The SMILES string of the molecule is CN1CCN(Cc2ccc(C(=O)NC3[C@H]4Oc5ccc(Oc6ccnc7c6CCC(=O)N7)cc5[C@@H]34)cc2C(F)(F)F)CC1. The molecule has 1 saturated heterocycles. The zero-order valence-electron chi connectivity index (χ0n) is 23.4. The zero-order valence-corrected chi connectivity index (χ0v) is 23.4. The van der Waals surface area contributed by atoms with Gasteiger partial charge in [0.2, 0.25) is 5.91 Å². The lowest BCUT2D eigenvalue weighted by molar-refractivity contribution is -0.138. The Hall–Kier alpha value is -4.16. The fraction of sp³-hybridized carbons (Fsp3) is 0.387. The van der Waals surface area contributed by atoms with E-state index in [0.717, 1.165) is 30.3 Å². The van der Waals surface area contributed by atoms with Crippen molar-refractivity contribution in [1.82, 2.24) is 20.1 Å². The highest BCUT2D eigenvalue weighted by molar-refractivity contribution is 5.95. The molecule has 2 N–H and O–H groups in total. The Balaban J connectivity index is 1.04. The molecule has 1 aromatic heterocycles. The van der Waals surface area contributed by atoms with Crippen molar-refractivity contribution >= 4 is 17.6 Å². The molecule has 12 heteroatoms. The Labute approximate surface area is 246 Å². The number of amides is 2. The van der Waals surface area contributed by atoms with Crippen molar-refractivity contribution in [3.63, 3.8) is 0 Å². The van der Waals surface area contributed by atoms with E-state index in [1.807, 2.05) is 18.0 Å². The summed E-state index contributed by atoms with van der Waals surface area (Å²) < 4.78 is 54.3. The van der Waals surface area contributed by atoms with Gasteiger partial charge < -0.3 is 25.0 Å². The number of fused-ring (bicyclic) bond motifs is 4. The lowest BCUT2D eigenvalue weighted by atomic mass is 10.0. The van der Waals surface area contributed by atoms with Gasteiger partial charge in [-0.15, -0.1) is 0 Å². The number of carbonyl (C=O) groups is 2. The smallest absolute Gasteiger partial charge is 0.416 e. The van der Waals surface area contributed by atoms with E-state index in [9.17, 15) is 22.8 Å². The fourth-order valence-electron chi connectivity index (χ4n) is 6.16. The van der Waals surface area contributed by atoms with Crippen LogP contribution in [0.25, 0.3) is 0 Å². The maximum atomic E-state index is 14.0. The monoisotopic (exact) mass is 593 g/mol. The molecule has 224 valence electrons. The number of alkyl halides is 3. The summed E-state index contributed by atoms with van der Waals surface area (Å²) in [6, 6.07) is 10.7. The molecule has 1 unspecified atom stereocenters. The lowest BCUT2D eigenvalue weighted by Gasteiger charge is -2.33. The van der Waals surface area contributed by atoms with E-state index in [1.54, 1.807) is 24.4 Å². The third-order valence-electron chi connectivity index (χ3n) is 8.62. The third-order valence-corrected chi connectivity index (χ3v) is 8.62. The van der Waals surface area contributed by atoms with Gasteiger partial charge in [-0.1, -0.05) is 6.07 Å². The Kier molecular flexibility index (Phi) is 6.77. The van der Waals surface area contributed by atoms with Crippen LogP contribution in [0.1, 0.15) is 45.0 Å². The molecule has 1 saturated carbocycles. The average Bonchev–Trinajstić information content (AvgIpc) is 3.49.